The van der Waals surface area contributed by atoms with Crippen molar-refractivity contribution in [3.8, 4) is 11.5 Å². The van der Waals surface area contributed by atoms with Crippen LogP contribution in [-0.4, -0.2) is 33.7 Å². The molecule has 0 heterocycles. The first-order chi connectivity index (χ1) is 11.9. The van der Waals surface area contributed by atoms with Crippen LogP contribution >= 0.6 is 0 Å². The second kappa shape index (κ2) is 7.71. The van der Waals surface area contributed by atoms with Crippen molar-refractivity contribution in [1.29, 1.82) is 0 Å². The molecule has 0 bridgehead atoms. The molecule has 7 nitrogen and oxygen atoms in total. The van der Waals surface area contributed by atoms with Gasteiger partial charge in [0.05, 0.1) is 19.1 Å². The van der Waals surface area contributed by atoms with Gasteiger partial charge in [-0.25, -0.2) is 13.2 Å². The number of aliphatic carboxylic acids is 1. The molecule has 2 aromatic rings. The summed E-state index contributed by atoms with van der Waals surface area (Å²) < 4.78 is 37.6. The topological polar surface area (TPSA) is 102 Å². The van der Waals surface area contributed by atoms with Gasteiger partial charge in [0.25, 0.3) is 10.0 Å². The summed E-state index contributed by atoms with van der Waals surface area (Å²) in [7, 11) is -0.923. The van der Waals surface area contributed by atoms with Crippen LogP contribution in [0.2, 0.25) is 0 Å². The number of ether oxygens (including phenoxy) is 2. The Morgan fingerprint density at radius 2 is 1.68 bits per heavy atom. The van der Waals surface area contributed by atoms with Crippen LogP contribution in [0.5, 0.6) is 11.5 Å². The van der Waals surface area contributed by atoms with Crippen molar-refractivity contribution in [2.24, 2.45) is 0 Å². The molecule has 0 fully saturated rings. The normalized spacial score (nSPS) is 11.3. The van der Waals surface area contributed by atoms with E-state index < -0.39 is 16.0 Å². The molecule has 0 aliphatic heterocycles. The molecule has 0 radical (unpaired) electrons. The number of nitrogens with one attached hydrogen (secondary N) is 1. The summed E-state index contributed by atoms with van der Waals surface area (Å²) in [5.41, 5.74) is 0.985. The minimum absolute atomic E-state index is 0.0278. The van der Waals surface area contributed by atoms with Crippen LogP contribution in [0.15, 0.2) is 53.4 Å². The molecule has 2 rings (SSSR count). The molecular weight excluding hydrogens is 346 g/mol. The Hall–Kier alpha value is -3.00. The number of rotatable bonds is 7. The highest BCUT2D eigenvalue weighted by Gasteiger charge is 2.17. The Balaban J connectivity index is 2.22. The number of carboxylic acid groups (broad SMARTS) is 1. The molecule has 0 saturated heterocycles. The highest BCUT2D eigenvalue weighted by atomic mass is 32.2. The molecule has 25 heavy (non-hydrogen) atoms. The number of carboxylic acids is 1. The smallest absolute Gasteiger partial charge is 0.328 e. The van der Waals surface area contributed by atoms with Crippen LogP contribution in [0.4, 0.5) is 5.69 Å². The van der Waals surface area contributed by atoms with Crippen molar-refractivity contribution >= 4 is 27.8 Å². The molecule has 2 aromatic carbocycles. The lowest BCUT2D eigenvalue weighted by molar-refractivity contribution is -0.131. The Morgan fingerprint density at radius 1 is 1.04 bits per heavy atom. The molecule has 0 aromatic heterocycles. The third-order valence-corrected chi connectivity index (χ3v) is 4.63. The Bertz CT molecular complexity index is 888. The van der Waals surface area contributed by atoms with Crippen molar-refractivity contribution in [2.45, 2.75) is 4.90 Å². The van der Waals surface area contributed by atoms with Crippen LogP contribution in [0, 0.1) is 0 Å². The van der Waals surface area contributed by atoms with Gasteiger partial charge in [0, 0.05) is 17.8 Å². The van der Waals surface area contributed by atoms with Gasteiger partial charge >= 0.3 is 5.97 Å². The van der Waals surface area contributed by atoms with Crippen LogP contribution in [0.25, 0.3) is 6.08 Å². The van der Waals surface area contributed by atoms with E-state index in [9.17, 15) is 13.2 Å². The molecule has 0 aliphatic carbocycles. The van der Waals surface area contributed by atoms with Crippen LogP contribution in [0.3, 0.4) is 0 Å². The summed E-state index contributed by atoms with van der Waals surface area (Å²) >= 11 is 0. The van der Waals surface area contributed by atoms with Crippen LogP contribution in [-0.2, 0) is 14.8 Å². The van der Waals surface area contributed by atoms with Crippen molar-refractivity contribution in [3.05, 3.63) is 54.1 Å². The molecule has 0 atom stereocenters. The van der Waals surface area contributed by atoms with Gasteiger partial charge in [0.1, 0.15) is 0 Å². The quantitative estimate of drug-likeness (QED) is 0.733. The SMILES string of the molecule is COc1ccc(S(=O)(=O)Nc2ccc(/C=C/C(=O)O)cc2)cc1OC. The average molecular weight is 363 g/mol. The van der Waals surface area contributed by atoms with Crippen LogP contribution < -0.4 is 14.2 Å². The molecule has 2 N–H and O–H groups in total. The molecule has 0 spiro atoms. The van der Waals surface area contributed by atoms with E-state index in [0.717, 1.165) is 6.08 Å². The van der Waals surface area contributed by atoms with Crippen molar-refractivity contribution in [1.82, 2.24) is 0 Å². The average Bonchev–Trinajstić information content (AvgIpc) is 2.60. The van der Waals surface area contributed by atoms with E-state index in [1.54, 1.807) is 24.3 Å². The van der Waals surface area contributed by atoms with E-state index in [4.69, 9.17) is 14.6 Å². The van der Waals surface area contributed by atoms with Crippen molar-refractivity contribution < 1.29 is 27.8 Å². The molecule has 0 amide bonds. The number of hydrogen-bond donors (Lipinski definition) is 2. The van der Waals surface area contributed by atoms with Crippen molar-refractivity contribution in [2.75, 3.05) is 18.9 Å². The van der Waals surface area contributed by atoms with E-state index in [1.807, 2.05) is 0 Å². The maximum atomic E-state index is 12.5. The maximum absolute atomic E-state index is 12.5. The zero-order chi connectivity index (χ0) is 18.4. The lowest BCUT2D eigenvalue weighted by Crippen LogP contribution is -2.13. The van der Waals surface area contributed by atoms with Gasteiger partial charge in [-0.2, -0.15) is 0 Å². The van der Waals surface area contributed by atoms with E-state index in [1.165, 1.54) is 38.5 Å². The fourth-order valence-electron chi connectivity index (χ4n) is 2.03. The predicted molar refractivity (Wildman–Crippen MR) is 93.5 cm³/mol. The predicted octanol–water partition coefficient (Wildman–Crippen LogP) is 2.60. The minimum atomic E-state index is -3.81. The second-order valence-electron chi connectivity index (χ2n) is 4.92. The molecule has 0 aliphatic rings. The molecular formula is C17H17NO6S. The summed E-state index contributed by atoms with van der Waals surface area (Å²) in [5.74, 6) is -0.325. The van der Waals surface area contributed by atoms with Crippen LogP contribution in [0.1, 0.15) is 5.56 Å². The van der Waals surface area contributed by atoms with Gasteiger partial charge < -0.3 is 14.6 Å². The Labute approximate surface area is 145 Å². The minimum Gasteiger partial charge on any atom is -0.493 e. The first-order valence-electron chi connectivity index (χ1n) is 7.11. The zero-order valence-corrected chi connectivity index (χ0v) is 14.4. The Morgan fingerprint density at radius 3 is 2.24 bits per heavy atom. The highest BCUT2D eigenvalue weighted by molar-refractivity contribution is 7.92. The van der Waals surface area contributed by atoms with Gasteiger partial charge in [-0.3, -0.25) is 4.72 Å². The summed E-state index contributed by atoms with van der Waals surface area (Å²) in [6.07, 6.45) is 2.41. The number of carbonyl (C=O) groups is 1. The first kappa shape index (κ1) is 18.3. The standard InChI is InChI=1S/C17H17NO6S/c1-23-15-9-8-14(11-16(15)24-2)25(21,22)18-13-6-3-12(4-7-13)5-10-17(19)20/h3-11,18H,1-2H3,(H,19,20)/b10-5+. The largest absolute Gasteiger partial charge is 0.493 e. The lowest BCUT2D eigenvalue weighted by atomic mass is 10.2. The highest BCUT2D eigenvalue weighted by Crippen LogP contribution is 2.30. The summed E-state index contributed by atoms with van der Waals surface area (Å²) in [5, 5.41) is 8.59. The molecule has 132 valence electrons. The third-order valence-electron chi connectivity index (χ3n) is 3.25. The first-order valence-corrected chi connectivity index (χ1v) is 8.60. The van der Waals surface area contributed by atoms with Gasteiger partial charge in [-0.15, -0.1) is 0 Å². The molecule has 8 heteroatoms. The van der Waals surface area contributed by atoms with E-state index in [2.05, 4.69) is 4.72 Å². The van der Waals surface area contributed by atoms with Gasteiger partial charge in [0.2, 0.25) is 0 Å². The van der Waals surface area contributed by atoms with E-state index >= 15 is 0 Å². The van der Waals surface area contributed by atoms with E-state index in [-0.39, 0.29) is 4.90 Å². The maximum Gasteiger partial charge on any atom is 0.328 e. The number of hydrogen-bond acceptors (Lipinski definition) is 5. The monoisotopic (exact) mass is 363 g/mol. The summed E-state index contributed by atoms with van der Waals surface area (Å²) in [4.78, 5) is 10.5. The second-order valence-corrected chi connectivity index (χ2v) is 6.60. The number of benzene rings is 2. The summed E-state index contributed by atoms with van der Waals surface area (Å²) in [6.45, 7) is 0. The van der Waals surface area contributed by atoms with Crippen molar-refractivity contribution in [3.63, 3.8) is 0 Å². The van der Waals surface area contributed by atoms with Gasteiger partial charge in [0.15, 0.2) is 11.5 Å². The number of sulfonamides is 1. The fourth-order valence-corrected chi connectivity index (χ4v) is 3.10. The van der Waals surface area contributed by atoms with Gasteiger partial charge in [-0.05, 0) is 35.9 Å². The number of methoxy groups -OCH3 is 2. The third kappa shape index (κ3) is 4.74. The summed E-state index contributed by atoms with van der Waals surface area (Å²) in [6, 6.07) is 10.6. The molecule has 0 unspecified atom stereocenters. The Kier molecular flexibility index (Phi) is 5.66. The molecule has 0 saturated carbocycles. The van der Waals surface area contributed by atoms with E-state index in [0.29, 0.717) is 22.7 Å². The fraction of sp³-hybridized carbons (Fsp3) is 0.118. The lowest BCUT2D eigenvalue weighted by Gasteiger charge is -2.11. The zero-order valence-electron chi connectivity index (χ0n) is 13.6. The number of anilines is 1. The van der Waals surface area contributed by atoms with Gasteiger partial charge in [-0.1, -0.05) is 12.1 Å².